The van der Waals surface area contributed by atoms with Crippen molar-refractivity contribution in [1.82, 2.24) is 14.7 Å². The average molecular weight is 267 g/mol. The number of rotatable bonds is 5. The number of ketones is 1. The van der Waals surface area contributed by atoms with Gasteiger partial charge in [0.2, 0.25) is 0 Å². The van der Waals surface area contributed by atoms with Gasteiger partial charge in [-0.2, -0.15) is 0 Å². The Balaban J connectivity index is 1.64. The number of hydrogen-bond donors (Lipinski definition) is 0. The summed E-state index contributed by atoms with van der Waals surface area (Å²) in [5.41, 5.74) is 0. The fraction of sp³-hybridized carbons (Fsp3) is 0.933. The quantitative estimate of drug-likeness (QED) is 0.740. The molecular formula is C15H29N3O. The van der Waals surface area contributed by atoms with Gasteiger partial charge in [-0.05, 0) is 45.3 Å². The van der Waals surface area contributed by atoms with E-state index < -0.39 is 0 Å². The highest BCUT2D eigenvalue weighted by Crippen LogP contribution is 2.19. The van der Waals surface area contributed by atoms with Gasteiger partial charge in [-0.1, -0.05) is 6.92 Å². The number of piperidine rings is 1. The number of likely N-dealkylation sites (tertiary alicyclic amines) is 1. The van der Waals surface area contributed by atoms with Gasteiger partial charge < -0.3 is 9.80 Å². The zero-order chi connectivity index (χ0) is 13.7. The Kier molecular flexibility index (Phi) is 5.79. The van der Waals surface area contributed by atoms with Crippen molar-refractivity contribution in [3.63, 3.8) is 0 Å². The minimum Gasteiger partial charge on any atom is -0.301 e. The van der Waals surface area contributed by atoms with E-state index in [0.717, 1.165) is 19.0 Å². The van der Waals surface area contributed by atoms with Gasteiger partial charge in [0.1, 0.15) is 5.78 Å². The first-order valence-electron chi connectivity index (χ1n) is 7.84. The number of carbonyl (C=O) groups is 1. The van der Waals surface area contributed by atoms with Gasteiger partial charge >= 0.3 is 0 Å². The molecule has 0 amide bonds. The normalized spacial score (nSPS) is 24.7. The van der Waals surface area contributed by atoms with Crippen molar-refractivity contribution in [1.29, 1.82) is 0 Å². The van der Waals surface area contributed by atoms with Gasteiger partial charge in [0.15, 0.2) is 0 Å². The van der Waals surface area contributed by atoms with Crippen LogP contribution in [-0.2, 0) is 4.79 Å². The highest BCUT2D eigenvalue weighted by atomic mass is 16.1. The van der Waals surface area contributed by atoms with E-state index in [4.69, 9.17) is 0 Å². The van der Waals surface area contributed by atoms with Crippen LogP contribution in [0, 0.1) is 5.92 Å². The third-order valence-electron chi connectivity index (χ3n) is 4.58. The van der Waals surface area contributed by atoms with Crippen LogP contribution in [0.25, 0.3) is 0 Å². The second-order valence-electron chi connectivity index (χ2n) is 6.16. The minimum atomic E-state index is 0.300. The number of carbonyl (C=O) groups excluding carboxylic acids is 1. The number of nitrogens with zero attached hydrogens (tertiary/aromatic N) is 3. The van der Waals surface area contributed by atoms with Crippen molar-refractivity contribution in [3.05, 3.63) is 0 Å². The lowest BCUT2D eigenvalue weighted by Crippen LogP contribution is -2.48. The molecule has 0 unspecified atom stereocenters. The molecule has 0 radical (unpaired) electrons. The Labute approximate surface area is 117 Å². The van der Waals surface area contributed by atoms with Crippen molar-refractivity contribution in [2.75, 3.05) is 58.9 Å². The van der Waals surface area contributed by atoms with E-state index in [1.54, 1.807) is 6.92 Å². The topological polar surface area (TPSA) is 26.8 Å². The second kappa shape index (κ2) is 7.36. The molecule has 2 saturated heterocycles. The molecule has 0 spiro atoms. The number of likely N-dealkylation sites (N-methyl/N-ethyl adjacent to an activating group) is 1. The van der Waals surface area contributed by atoms with Crippen molar-refractivity contribution < 1.29 is 4.79 Å². The summed E-state index contributed by atoms with van der Waals surface area (Å²) in [7, 11) is 0. The summed E-state index contributed by atoms with van der Waals surface area (Å²) in [5, 5.41) is 0. The molecule has 2 aliphatic rings. The second-order valence-corrected chi connectivity index (χ2v) is 6.16. The van der Waals surface area contributed by atoms with E-state index in [2.05, 4.69) is 21.6 Å². The van der Waals surface area contributed by atoms with Crippen LogP contribution in [0.3, 0.4) is 0 Å². The molecule has 0 aromatic carbocycles. The summed E-state index contributed by atoms with van der Waals surface area (Å²) in [4.78, 5) is 18.6. The third kappa shape index (κ3) is 4.86. The third-order valence-corrected chi connectivity index (χ3v) is 4.58. The average Bonchev–Trinajstić information content (AvgIpc) is 2.41. The van der Waals surface area contributed by atoms with Gasteiger partial charge in [-0.15, -0.1) is 0 Å². The fourth-order valence-corrected chi connectivity index (χ4v) is 3.30. The molecule has 0 bridgehead atoms. The lowest BCUT2D eigenvalue weighted by molar-refractivity contribution is -0.118. The van der Waals surface area contributed by atoms with E-state index in [1.165, 1.54) is 52.1 Å². The molecule has 0 aromatic rings. The molecule has 4 heteroatoms. The van der Waals surface area contributed by atoms with Crippen molar-refractivity contribution >= 4 is 5.78 Å². The molecule has 19 heavy (non-hydrogen) atoms. The van der Waals surface area contributed by atoms with E-state index in [9.17, 15) is 4.79 Å². The van der Waals surface area contributed by atoms with Crippen LogP contribution in [0.2, 0.25) is 0 Å². The largest absolute Gasteiger partial charge is 0.301 e. The van der Waals surface area contributed by atoms with Gasteiger partial charge in [-0.3, -0.25) is 9.69 Å². The summed E-state index contributed by atoms with van der Waals surface area (Å²) in [6, 6.07) is 0. The summed E-state index contributed by atoms with van der Waals surface area (Å²) in [6.45, 7) is 14.2. The number of piperazine rings is 1. The van der Waals surface area contributed by atoms with Crippen LogP contribution < -0.4 is 0 Å². The lowest BCUT2D eigenvalue weighted by Gasteiger charge is -2.38. The minimum absolute atomic E-state index is 0.300. The Hall–Kier alpha value is -0.450. The van der Waals surface area contributed by atoms with Crippen LogP contribution in [0.5, 0.6) is 0 Å². The molecule has 0 N–H and O–H groups in total. The zero-order valence-corrected chi connectivity index (χ0v) is 12.6. The summed E-state index contributed by atoms with van der Waals surface area (Å²) in [5.74, 6) is 1.14. The fourth-order valence-electron chi connectivity index (χ4n) is 3.30. The maximum absolute atomic E-state index is 11.1. The first-order chi connectivity index (χ1) is 9.17. The Morgan fingerprint density at radius 2 is 1.53 bits per heavy atom. The maximum Gasteiger partial charge on any atom is 0.143 e. The van der Waals surface area contributed by atoms with Crippen LogP contribution in [0.1, 0.15) is 26.7 Å². The summed E-state index contributed by atoms with van der Waals surface area (Å²) >= 11 is 0. The molecule has 0 aliphatic carbocycles. The highest BCUT2D eigenvalue weighted by Gasteiger charge is 2.23. The molecule has 2 heterocycles. The van der Waals surface area contributed by atoms with Crippen LogP contribution in [-0.4, -0.2) is 79.4 Å². The molecule has 0 atom stereocenters. The zero-order valence-electron chi connectivity index (χ0n) is 12.6. The van der Waals surface area contributed by atoms with E-state index in [1.807, 2.05) is 0 Å². The van der Waals surface area contributed by atoms with Crippen molar-refractivity contribution in [3.8, 4) is 0 Å². The van der Waals surface area contributed by atoms with E-state index >= 15 is 0 Å². The van der Waals surface area contributed by atoms with Gasteiger partial charge in [0, 0.05) is 32.7 Å². The smallest absolute Gasteiger partial charge is 0.143 e. The SMILES string of the molecule is CCN1CCN(CC2CCN(CC(C)=O)CC2)CC1. The number of Topliss-reactive ketones (excluding diaryl/α,β-unsaturated/α-hetero) is 1. The van der Waals surface area contributed by atoms with E-state index in [-0.39, 0.29) is 0 Å². The van der Waals surface area contributed by atoms with Crippen LogP contribution in [0.4, 0.5) is 0 Å². The monoisotopic (exact) mass is 267 g/mol. The first kappa shape index (κ1) is 14.9. The highest BCUT2D eigenvalue weighted by molar-refractivity contribution is 5.77. The molecule has 0 aromatic heterocycles. The molecule has 0 saturated carbocycles. The molecular weight excluding hydrogens is 238 g/mol. The Morgan fingerprint density at radius 1 is 0.947 bits per heavy atom. The molecule has 2 fully saturated rings. The maximum atomic E-state index is 11.1. The summed E-state index contributed by atoms with van der Waals surface area (Å²) in [6.07, 6.45) is 2.53. The molecule has 4 nitrogen and oxygen atoms in total. The van der Waals surface area contributed by atoms with Gasteiger partial charge in [0.25, 0.3) is 0 Å². The van der Waals surface area contributed by atoms with Crippen molar-refractivity contribution in [2.24, 2.45) is 5.92 Å². The lowest BCUT2D eigenvalue weighted by atomic mass is 9.96. The standard InChI is InChI=1S/C15H29N3O/c1-3-16-8-10-18(11-9-16)13-15-4-6-17(7-5-15)12-14(2)19/h15H,3-13H2,1-2H3. The molecule has 110 valence electrons. The van der Waals surface area contributed by atoms with Crippen LogP contribution in [0.15, 0.2) is 0 Å². The predicted octanol–water partition coefficient (Wildman–Crippen LogP) is 0.925. The van der Waals surface area contributed by atoms with Gasteiger partial charge in [0.05, 0.1) is 6.54 Å². The Morgan fingerprint density at radius 3 is 2.05 bits per heavy atom. The van der Waals surface area contributed by atoms with E-state index in [0.29, 0.717) is 12.3 Å². The predicted molar refractivity (Wildman–Crippen MR) is 78.4 cm³/mol. The number of hydrogen-bond acceptors (Lipinski definition) is 4. The summed E-state index contributed by atoms with van der Waals surface area (Å²) < 4.78 is 0. The molecule has 2 aliphatic heterocycles. The Bertz CT molecular complexity index is 279. The van der Waals surface area contributed by atoms with Crippen LogP contribution >= 0.6 is 0 Å². The molecule has 2 rings (SSSR count). The first-order valence-corrected chi connectivity index (χ1v) is 7.84. The van der Waals surface area contributed by atoms with Crippen molar-refractivity contribution in [2.45, 2.75) is 26.7 Å². The van der Waals surface area contributed by atoms with Gasteiger partial charge in [-0.25, -0.2) is 0 Å².